The first-order chi connectivity index (χ1) is 19.4. The number of aromatic hydroxyl groups is 1. The van der Waals surface area contributed by atoms with E-state index in [1.54, 1.807) is 26.4 Å². The second-order valence-electron chi connectivity index (χ2n) is 10.7. The number of likely N-dealkylation sites (N-methyl/N-ethyl adjacent to an activating group) is 1. The molecule has 0 radical (unpaired) electrons. The first kappa shape index (κ1) is 27.8. The first-order valence-electron chi connectivity index (χ1n) is 12.9. The summed E-state index contributed by atoms with van der Waals surface area (Å²) in [6, 6.07) is 11.2. The summed E-state index contributed by atoms with van der Waals surface area (Å²) in [6.45, 7) is 0.0368. The molecule has 0 unspecified atom stereocenters. The number of carbonyl (C=O) groups excluding carboxylic acids is 3. The van der Waals surface area contributed by atoms with Crippen LogP contribution in [-0.4, -0.2) is 81.3 Å². The molecule has 0 heterocycles. The fourth-order valence-corrected chi connectivity index (χ4v) is 6.46. The quantitative estimate of drug-likeness (QED) is 0.206. The molecule has 3 aliphatic rings. The van der Waals surface area contributed by atoms with Crippen molar-refractivity contribution in [3.63, 3.8) is 0 Å². The number of aliphatic hydroxyl groups excluding tert-OH is 2. The van der Waals surface area contributed by atoms with Gasteiger partial charge >= 0.3 is 0 Å². The summed E-state index contributed by atoms with van der Waals surface area (Å²) in [6.07, 6.45) is 1.77. The summed E-state index contributed by atoms with van der Waals surface area (Å²) in [5.41, 5.74) is 4.46. The number of fused-ring (bicyclic) bond motifs is 3. The van der Waals surface area contributed by atoms with Gasteiger partial charge < -0.3 is 26.2 Å². The van der Waals surface area contributed by atoms with Gasteiger partial charge in [-0.05, 0) is 61.2 Å². The van der Waals surface area contributed by atoms with Gasteiger partial charge in [-0.3, -0.25) is 24.3 Å². The maximum Gasteiger partial charge on any atom is 0.255 e. The van der Waals surface area contributed by atoms with Crippen molar-refractivity contribution in [2.75, 3.05) is 20.6 Å². The summed E-state index contributed by atoms with van der Waals surface area (Å²) in [5, 5.41) is 53.5. The minimum atomic E-state index is -2.68. The van der Waals surface area contributed by atoms with E-state index in [-0.39, 0.29) is 36.3 Å². The highest BCUT2D eigenvalue weighted by atomic mass is 16.3. The zero-order valence-electron chi connectivity index (χ0n) is 22.3. The van der Waals surface area contributed by atoms with E-state index < -0.39 is 58.0 Å². The highest BCUT2D eigenvalue weighted by molar-refractivity contribution is 6.24. The zero-order chi connectivity index (χ0) is 29.8. The number of amides is 1. The number of nitrogens with two attached hydrogens (primary N) is 1. The van der Waals surface area contributed by atoms with Gasteiger partial charge in [-0.25, -0.2) is 0 Å². The fraction of sp³-hybridized carbons (Fsp3) is 0.300. The normalized spacial score (nSPS) is 25.7. The Balaban J connectivity index is 1.65. The number of rotatable bonds is 5. The highest BCUT2D eigenvalue weighted by Crippen LogP contribution is 2.53. The number of aliphatic imine (C=N–C) groups is 1. The molecular formula is C30H28N4O7. The van der Waals surface area contributed by atoms with Crippen molar-refractivity contribution >= 4 is 29.4 Å². The van der Waals surface area contributed by atoms with Gasteiger partial charge in [-0.2, -0.15) is 5.26 Å². The average molecular weight is 557 g/mol. The van der Waals surface area contributed by atoms with Crippen LogP contribution < -0.4 is 5.73 Å². The molecule has 2 aromatic carbocycles. The Hall–Kier alpha value is -4.79. The molecule has 210 valence electrons. The lowest BCUT2D eigenvalue weighted by molar-refractivity contribution is -0.153. The third-order valence-corrected chi connectivity index (χ3v) is 8.23. The number of hydrogen-bond acceptors (Lipinski definition) is 10. The van der Waals surface area contributed by atoms with Crippen LogP contribution >= 0.6 is 0 Å². The predicted molar refractivity (Wildman–Crippen MR) is 148 cm³/mol. The topological polar surface area (TPSA) is 198 Å². The van der Waals surface area contributed by atoms with Crippen LogP contribution in [0.1, 0.15) is 23.1 Å². The number of nitrogens with zero attached hydrogens (tertiary/aromatic N) is 3. The molecule has 1 fully saturated rings. The fourth-order valence-electron chi connectivity index (χ4n) is 6.46. The van der Waals surface area contributed by atoms with Crippen molar-refractivity contribution in [3.8, 4) is 22.9 Å². The molecule has 5 rings (SSSR count). The molecule has 3 aliphatic carbocycles. The molecule has 41 heavy (non-hydrogen) atoms. The molecule has 11 heteroatoms. The lowest BCUT2D eigenvalue weighted by Crippen LogP contribution is -2.65. The van der Waals surface area contributed by atoms with E-state index in [2.05, 4.69) is 4.99 Å². The maximum atomic E-state index is 13.9. The van der Waals surface area contributed by atoms with Crippen molar-refractivity contribution in [1.82, 2.24) is 4.90 Å². The second-order valence-corrected chi connectivity index (χ2v) is 10.7. The van der Waals surface area contributed by atoms with E-state index in [0.717, 1.165) is 11.1 Å². The highest BCUT2D eigenvalue weighted by Gasteiger charge is 2.64. The average Bonchev–Trinajstić information content (AvgIpc) is 2.91. The number of aliphatic hydroxyl groups is 3. The van der Waals surface area contributed by atoms with Crippen LogP contribution in [0.3, 0.4) is 0 Å². The Bertz CT molecular complexity index is 1630. The van der Waals surface area contributed by atoms with Crippen LogP contribution in [0, 0.1) is 23.2 Å². The van der Waals surface area contributed by atoms with Gasteiger partial charge in [0.05, 0.1) is 17.7 Å². The third-order valence-electron chi connectivity index (χ3n) is 8.23. The molecular weight excluding hydrogens is 528 g/mol. The second kappa shape index (κ2) is 9.99. The SMILES string of the molecule is CN(C)[C@@H]1C(=O)C(C(N)=O)=C(O)[C@@]2(O)C(=O)C3=C(O)c4c(O)ccc(-c5ccc(C=NCC#N)cc5)c4C[C@H]3C[C@@H]12. The molecule has 0 saturated heterocycles. The number of nitriles is 1. The smallest absolute Gasteiger partial charge is 0.255 e. The lowest BCUT2D eigenvalue weighted by atomic mass is 9.57. The summed E-state index contributed by atoms with van der Waals surface area (Å²) >= 11 is 0. The predicted octanol–water partition coefficient (Wildman–Crippen LogP) is 1.57. The van der Waals surface area contributed by atoms with Crippen LogP contribution in [-0.2, 0) is 20.8 Å². The maximum absolute atomic E-state index is 13.9. The zero-order valence-corrected chi connectivity index (χ0v) is 22.3. The van der Waals surface area contributed by atoms with E-state index in [0.29, 0.717) is 11.1 Å². The number of phenolic OH excluding ortho intramolecular Hbond substituents is 1. The molecule has 2 aromatic rings. The van der Waals surface area contributed by atoms with E-state index in [4.69, 9.17) is 11.0 Å². The molecule has 4 atom stereocenters. The van der Waals surface area contributed by atoms with E-state index in [1.807, 2.05) is 30.3 Å². The third kappa shape index (κ3) is 4.11. The Kier molecular flexibility index (Phi) is 6.77. The number of primary amides is 1. The van der Waals surface area contributed by atoms with E-state index >= 15 is 0 Å². The first-order valence-corrected chi connectivity index (χ1v) is 12.9. The number of ketones is 2. The Morgan fingerprint density at radius 2 is 1.85 bits per heavy atom. The Morgan fingerprint density at radius 3 is 2.46 bits per heavy atom. The minimum Gasteiger partial charge on any atom is -0.508 e. The van der Waals surface area contributed by atoms with Crippen LogP contribution in [0.2, 0.25) is 0 Å². The Morgan fingerprint density at radius 1 is 1.17 bits per heavy atom. The molecule has 0 bridgehead atoms. The van der Waals surface area contributed by atoms with Gasteiger partial charge in [0.15, 0.2) is 11.4 Å². The van der Waals surface area contributed by atoms with Gasteiger partial charge in [-0.1, -0.05) is 30.3 Å². The van der Waals surface area contributed by atoms with E-state index in [1.165, 1.54) is 11.0 Å². The summed E-state index contributed by atoms with van der Waals surface area (Å²) in [4.78, 5) is 44.8. The minimum absolute atomic E-state index is 0.00908. The van der Waals surface area contributed by atoms with E-state index in [9.17, 15) is 34.8 Å². The van der Waals surface area contributed by atoms with Gasteiger partial charge in [0.25, 0.3) is 5.91 Å². The van der Waals surface area contributed by atoms with Gasteiger partial charge in [0.1, 0.15) is 29.4 Å². The van der Waals surface area contributed by atoms with Gasteiger partial charge in [0, 0.05) is 17.7 Å². The molecule has 6 N–H and O–H groups in total. The van der Waals surface area contributed by atoms with Crippen LogP contribution in [0.4, 0.5) is 0 Å². The summed E-state index contributed by atoms with van der Waals surface area (Å²) in [7, 11) is 3.11. The summed E-state index contributed by atoms with van der Waals surface area (Å²) in [5.74, 6) is -6.89. The van der Waals surface area contributed by atoms with Crippen molar-refractivity contribution in [2.24, 2.45) is 22.6 Å². The van der Waals surface area contributed by atoms with Crippen LogP contribution in [0.15, 0.2) is 58.3 Å². The van der Waals surface area contributed by atoms with Gasteiger partial charge in [0.2, 0.25) is 5.78 Å². The van der Waals surface area contributed by atoms with Crippen molar-refractivity contribution in [2.45, 2.75) is 24.5 Å². The molecule has 0 spiro atoms. The molecule has 1 amide bonds. The van der Waals surface area contributed by atoms with Crippen molar-refractivity contribution in [1.29, 1.82) is 5.26 Å². The molecule has 0 aliphatic heterocycles. The van der Waals surface area contributed by atoms with Crippen molar-refractivity contribution < 1.29 is 34.8 Å². The van der Waals surface area contributed by atoms with Crippen LogP contribution in [0.5, 0.6) is 5.75 Å². The van der Waals surface area contributed by atoms with Crippen LogP contribution in [0.25, 0.3) is 16.9 Å². The number of benzene rings is 2. The van der Waals surface area contributed by atoms with Gasteiger partial charge in [-0.15, -0.1) is 0 Å². The number of phenols is 1. The lowest BCUT2D eigenvalue weighted by Gasteiger charge is -2.50. The number of Topliss-reactive ketones (excluding diaryl/α,β-unsaturated/α-hetero) is 2. The molecule has 0 aromatic heterocycles. The monoisotopic (exact) mass is 556 g/mol. The number of hydrogen-bond donors (Lipinski definition) is 5. The summed E-state index contributed by atoms with van der Waals surface area (Å²) < 4.78 is 0. The standard InChI is InChI=1S/C30H28N4O7/c1-34(2)24-19-12-16-11-18-17(15-5-3-14(4-6-15)13-33-10-9-31)7-8-20(35)22(18)25(36)21(16)27(38)30(19,41)28(39)23(26(24)37)29(32)40/h3-8,13,16,19,24,35-36,39,41H,10-12H2,1-2H3,(H2,32,40)/t16-,19-,24-,30-/m0/s1. The largest absolute Gasteiger partial charge is 0.508 e. The molecule has 11 nitrogen and oxygen atoms in total. The number of carbonyl (C=O) groups is 3. The Labute approximate surface area is 235 Å². The molecule has 1 saturated carbocycles. The van der Waals surface area contributed by atoms with Crippen molar-refractivity contribution in [3.05, 3.63) is 70.0 Å².